The van der Waals surface area contributed by atoms with Crippen molar-refractivity contribution in [3.63, 3.8) is 0 Å². The van der Waals surface area contributed by atoms with E-state index < -0.39 is 12.1 Å². The molecule has 0 fully saturated rings. The Morgan fingerprint density at radius 1 is 0.833 bits per heavy atom. The van der Waals surface area contributed by atoms with E-state index in [0.717, 1.165) is 0 Å². The van der Waals surface area contributed by atoms with Crippen molar-refractivity contribution in [3.8, 4) is 0 Å². The number of fused-ring (bicyclic) bond motifs is 1. The van der Waals surface area contributed by atoms with E-state index in [-0.39, 0.29) is 18.2 Å². The monoisotopic (exact) mass is 397 g/mol. The van der Waals surface area contributed by atoms with Gasteiger partial charge in [-0.3, -0.25) is 19.3 Å². The van der Waals surface area contributed by atoms with E-state index in [9.17, 15) is 14.4 Å². The smallest absolute Gasteiger partial charge is 0.327 e. The van der Waals surface area contributed by atoms with E-state index >= 15 is 0 Å². The SMILES string of the molecule is C=C1c2ccccc2C(=O)N1CC(=O)OC(C(=O)c1ccccc1)c1ccccc1. The molecule has 0 aliphatic carbocycles. The standard InChI is InChI=1S/C25H19NO4/c1-17-20-14-8-9-15-21(20)25(29)26(17)16-22(27)30-24(19-12-6-3-7-13-19)23(28)18-10-4-2-5-11-18/h2-15,24H,1,16H2. The van der Waals surface area contributed by atoms with Gasteiger partial charge in [0, 0.05) is 28.0 Å². The van der Waals surface area contributed by atoms with Crippen molar-refractivity contribution in [2.75, 3.05) is 6.54 Å². The van der Waals surface area contributed by atoms with Gasteiger partial charge in [0.2, 0.25) is 5.78 Å². The number of rotatable bonds is 6. The molecule has 0 N–H and O–H groups in total. The van der Waals surface area contributed by atoms with E-state index in [0.29, 0.717) is 28.0 Å². The molecule has 5 heteroatoms. The Labute approximate surface area is 174 Å². The Morgan fingerprint density at radius 2 is 1.40 bits per heavy atom. The number of ether oxygens (including phenoxy) is 1. The van der Waals surface area contributed by atoms with Gasteiger partial charge >= 0.3 is 5.97 Å². The number of ketones is 1. The predicted octanol–water partition coefficient (Wildman–Crippen LogP) is 4.28. The third-order valence-electron chi connectivity index (χ3n) is 4.97. The van der Waals surface area contributed by atoms with Crippen LogP contribution in [0, 0.1) is 0 Å². The van der Waals surface area contributed by atoms with Gasteiger partial charge in [-0.2, -0.15) is 0 Å². The van der Waals surface area contributed by atoms with Crippen LogP contribution in [-0.4, -0.2) is 29.1 Å². The second-order valence-corrected chi connectivity index (χ2v) is 6.89. The van der Waals surface area contributed by atoms with Crippen molar-refractivity contribution in [1.29, 1.82) is 0 Å². The molecule has 0 spiro atoms. The maximum absolute atomic E-state index is 13.0. The Bertz CT molecular complexity index is 1090. The van der Waals surface area contributed by atoms with Crippen molar-refractivity contribution in [2.45, 2.75) is 6.10 Å². The highest BCUT2D eigenvalue weighted by Gasteiger charge is 2.34. The number of nitrogens with zero attached hydrogens (tertiary/aromatic N) is 1. The van der Waals surface area contributed by atoms with Crippen molar-refractivity contribution < 1.29 is 19.1 Å². The minimum absolute atomic E-state index is 0.307. The molecule has 1 aliphatic heterocycles. The molecule has 0 bridgehead atoms. The number of benzene rings is 3. The van der Waals surface area contributed by atoms with Crippen LogP contribution in [0.15, 0.2) is 91.5 Å². The van der Waals surface area contributed by atoms with E-state index in [2.05, 4.69) is 6.58 Å². The lowest BCUT2D eigenvalue weighted by Gasteiger charge is -2.21. The molecule has 1 heterocycles. The lowest BCUT2D eigenvalue weighted by molar-refractivity contribution is -0.147. The quantitative estimate of drug-likeness (QED) is 0.460. The fourth-order valence-corrected chi connectivity index (χ4v) is 3.45. The van der Waals surface area contributed by atoms with E-state index in [1.54, 1.807) is 66.7 Å². The summed E-state index contributed by atoms with van der Waals surface area (Å²) in [5, 5.41) is 0. The summed E-state index contributed by atoms with van der Waals surface area (Å²) in [6.07, 6.45) is -1.10. The Morgan fingerprint density at radius 3 is 2.03 bits per heavy atom. The molecule has 1 atom stereocenters. The fourth-order valence-electron chi connectivity index (χ4n) is 3.45. The van der Waals surface area contributed by atoms with Crippen LogP contribution >= 0.6 is 0 Å². The summed E-state index contributed by atoms with van der Waals surface area (Å²) in [5.74, 6) is -1.32. The molecule has 0 saturated heterocycles. The molecule has 1 amide bonds. The van der Waals surface area contributed by atoms with Gasteiger partial charge in [-0.05, 0) is 6.07 Å². The third-order valence-corrected chi connectivity index (χ3v) is 4.97. The van der Waals surface area contributed by atoms with Crippen LogP contribution in [0.4, 0.5) is 0 Å². The average molecular weight is 397 g/mol. The number of carbonyl (C=O) groups excluding carboxylic acids is 3. The van der Waals surface area contributed by atoms with Crippen molar-refractivity contribution in [1.82, 2.24) is 4.90 Å². The maximum atomic E-state index is 13.0. The van der Waals surface area contributed by atoms with Crippen LogP contribution in [0.5, 0.6) is 0 Å². The minimum Gasteiger partial charge on any atom is -0.448 e. The summed E-state index contributed by atoms with van der Waals surface area (Å²) < 4.78 is 5.59. The average Bonchev–Trinajstić information content (AvgIpc) is 3.03. The fraction of sp³-hybridized carbons (Fsp3) is 0.0800. The summed E-state index contributed by atoms with van der Waals surface area (Å²) in [6, 6.07) is 24.5. The van der Waals surface area contributed by atoms with Gasteiger partial charge in [-0.25, -0.2) is 0 Å². The number of hydrogen-bond donors (Lipinski definition) is 0. The highest BCUT2D eigenvalue weighted by atomic mass is 16.5. The number of amides is 1. The maximum Gasteiger partial charge on any atom is 0.327 e. The zero-order valence-corrected chi connectivity index (χ0v) is 16.2. The summed E-state index contributed by atoms with van der Waals surface area (Å²) in [6.45, 7) is 3.61. The largest absolute Gasteiger partial charge is 0.448 e. The molecule has 0 aromatic heterocycles. The Balaban J connectivity index is 1.55. The predicted molar refractivity (Wildman–Crippen MR) is 113 cm³/mol. The van der Waals surface area contributed by atoms with Crippen LogP contribution < -0.4 is 0 Å². The van der Waals surface area contributed by atoms with Crippen LogP contribution in [-0.2, 0) is 9.53 Å². The van der Waals surface area contributed by atoms with Crippen molar-refractivity contribution >= 4 is 23.4 Å². The molecule has 148 valence electrons. The molecular weight excluding hydrogens is 378 g/mol. The van der Waals surface area contributed by atoms with E-state index in [1.807, 2.05) is 18.2 Å². The van der Waals surface area contributed by atoms with E-state index in [4.69, 9.17) is 4.74 Å². The zero-order chi connectivity index (χ0) is 21.1. The van der Waals surface area contributed by atoms with Crippen LogP contribution in [0.3, 0.4) is 0 Å². The summed E-state index contributed by atoms with van der Waals surface area (Å²) >= 11 is 0. The molecule has 30 heavy (non-hydrogen) atoms. The Kier molecular flexibility index (Phi) is 5.26. The van der Waals surface area contributed by atoms with Gasteiger partial charge in [0.05, 0.1) is 0 Å². The summed E-state index contributed by atoms with van der Waals surface area (Å²) in [5.41, 5.74) is 2.63. The summed E-state index contributed by atoms with van der Waals surface area (Å²) in [7, 11) is 0. The molecule has 5 nitrogen and oxygen atoms in total. The second-order valence-electron chi connectivity index (χ2n) is 6.89. The lowest BCUT2D eigenvalue weighted by atomic mass is 10.00. The molecular formula is C25H19NO4. The molecule has 1 unspecified atom stereocenters. The van der Waals surface area contributed by atoms with Gasteiger partial charge in [0.25, 0.3) is 5.91 Å². The first-order valence-corrected chi connectivity index (χ1v) is 9.50. The first-order valence-electron chi connectivity index (χ1n) is 9.50. The molecule has 3 aromatic rings. The highest BCUT2D eigenvalue weighted by molar-refractivity contribution is 6.10. The topological polar surface area (TPSA) is 63.7 Å². The van der Waals surface area contributed by atoms with Crippen molar-refractivity contribution in [2.24, 2.45) is 0 Å². The molecule has 4 rings (SSSR count). The van der Waals surface area contributed by atoms with Gasteiger partial charge in [-0.15, -0.1) is 0 Å². The van der Waals surface area contributed by atoms with Gasteiger partial charge in [-0.1, -0.05) is 85.4 Å². The van der Waals surface area contributed by atoms with Crippen LogP contribution in [0.1, 0.15) is 37.9 Å². The summed E-state index contributed by atoms with van der Waals surface area (Å²) in [4.78, 5) is 39.7. The Hall–Kier alpha value is -3.99. The number of Topliss-reactive ketones (excluding diaryl/α,β-unsaturated/α-hetero) is 1. The van der Waals surface area contributed by atoms with Crippen LogP contribution in [0.2, 0.25) is 0 Å². The van der Waals surface area contributed by atoms with Gasteiger partial charge in [0.1, 0.15) is 6.54 Å². The zero-order valence-electron chi connectivity index (χ0n) is 16.2. The third kappa shape index (κ3) is 3.65. The minimum atomic E-state index is -1.10. The first kappa shape index (κ1) is 19.3. The normalized spacial score (nSPS) is 13.7. The first-order chi connectivity index (χ1) is 14.6. The van der Waals surface area contributed by atoms with Gasteiger partial charge in [0.15, 0.2) is 6.10 Å². The molecule has 0 radical (unpaired) electrons. The molecule has 1 aliphatic rings. The molecule has 0 saturated carbocycles. The van der Waals surface area contributed by atoms with Crippen molar-refractivity contribution in [3.05, 3.63) is 114 Å². The lowest BCUT2D eigenvalue weighted by Crippen LogP contribution is -2.32. The number of carbonyl (C=O) groups is 3. The van der Waals surface area contributed by atoms with Crippen LogP contribution in [0.25, 0.3) is 5.70 Å². The number of esters is 1. The van der Waals surface area contributed by atoms with E-state index in [1.165, 1.54) is 4.90 Å². The van der Waals surface area contributed by atoms with Gasteiger partial charge < -0.3 is 4.74 Å². The molecule has 3 aromatic carbocycles. The highest BCUT2D eigenvalue weighted by Crippen LogP contribution is 2.31. The number of hydrogen-bond acceptors (Lipinski definition) is 4. The second kappa shape index (κ2) is 8.17.